The van der Waals surface area contributed by atoms with Gasteiger partial charge in [0.05, 0.1) is 6.04 Å². The molecule has 20 heavy (non-hydrogen) atoms. The number of ketones is 1. The Labute approximate surface area is 122 Å². The number of rotatable bonds is 6. The molecule has 1 aliphatic heterocycles. The Morgan fingerprint density at radius 3 is 2.40 bits per heavy atom. The molecule has 0 saturated carbocycles. The van der Waals surface area contributed by atoms with E-state index in [0.717, 1.165) is 51.0 Å². The molecule has 2 rings (SSSR count). The van der Waals surface area contributed by atoms with Crippen molar-refractivity contribution in [3.63, 3.8) is 0 Å². The zero-order valence-corrected chi connectivity index (χ0v) is 12.7. The average Bonchev–Trinajstić information content (AvgIpc) is 2.50. The second-order valence-corrected chi connectivity index (χ2v) is 5.52. The summed E-state index contributed by atoms with van der Waals surface area (Å²) < 4.78 is 0. The number of carbonyl (C=O) groups is 1. The van der Waals surface area contributed by atoms with Gasteiger partial charge in [0.15, 0.2) is 5.78 Å². The fourth-order valence-electron chi connectivity index (χ4n) is 2.92. The Bertz CT molecular complexity index is 421. The number of hydrogen-bond acceptors (Lipinski definition) is 3. The zero-order valence-electron chi connectivity index (χ0n) is 12.7. The summed E-state index contributed by atoms with van der Waals surface area (Å²) in [5.41, 5.74) is 2.18. The molecule has 1 atom stereocenters. The molecule has 0 bridgehead atoms. The number of carbonyl (C=O) groups excluding carboxylic acids is 1. The fraction of sp³-hybridized carbons (Fsp3) is 0.588. The lowest BCUT2D eigenvalue weighted by Crippen LogP contribution is -2.51. The van der Waals surface area contributed by atoms with Crippen LogP contribution in [-0.2, 0) is 6.42 Å². The van der Waals surface area contributed by atoms with Gasteiger partial charge in [-0.05, 0) is 18.4 Å². The molecule has 1 aliphatic rings. The van der Waals surface area contributed by atoms with Crippen molar-refractivity contribution >= 4 is 5.78 Å². The molecule has 0 amide bonds. The topological polar surface area (TPSA) is 32.3 Å². The van der Waals surface area contributed by atoms with Gasteiger partial charge in [0.2, 0.25) is 0 Å². The molecule has 110 valence electrons. The molecule has 1 saturated heterocycles. The summed E-state index contributed by atoms with van der Waals surface area (Å²) >= 11 is 0. The van der Waals surface area contributed by atoms with E-state index in [1.807, 2.05) is 12.1 Å². The minimum atomic E-state index is 0.0362. The van der Waals surface area contributed by atoms with Gasteiger partial charge in [0.25, 0.3) is 0 Å². The predicted molar refractivity (Wildman–Crippen MR) is 83.3 cm³/mol. The van der Waals surface area contributed by atoms with Crippen molar-refractivity contribution in [1.82, 2.24) is 10.2 Å². The van der Waals surface area contributed by atoms with Crippen molar-refractivity contribution in [3.05, 3.63) is 35.4 Å². The standard InChI is InChI=1S/C17H26N2O/c1-3-5-14-6-8-15(9-7-14)17(20)16(4-2)19-12-10-18-11-13-19/h6-9,16,18H,3-5,10-13H2,1-2H3. The smallest absolute Gasteiger partial charge is 0.179 e. The summed E-state index contributed by atoms with van der Waals surface area (Å²) in [4.78, 5) is 15.0. The van der Waals surface area contributed by atoms with Gasteiger partial charge in [0, 0.05) is 31.7 Å². The molecule has 0 aliphatic carbocycles. The van der Waals surface area contributed by atoms with Crippen molar-refractivity contribution in [2.45, 2.75) is 39.2 Å². The van der Waals surface area contributed by atoms with Gasteiger partial charge in [-0.3, -0.25) is 9.69 Å². The molecule has 1 fully saturated rings. The number of Topliss-reactive ketones (excluding diaryl/α,β-unsaturated/α-hetero) is 1. The molecule has 1 aromatic carbocycles. The van der Waals surface area contributed by atoms with Crippen molar-refractivity contribution in [2.75, 3.05) is 26.2 Å². The first-order chi connectivity index (χ1) is 9.76. The lowest BCUT2D eigenvalue weighted by atomic mass is 9.98. The summed E-state index contributed by atoms with van der Waals surface area (Å²) in [5.74, 6) is 0.275. The van der Waals surface area contributed by atoms with Gasteiger partial charge < -0.3 is 5.32 Å². The molecule has 0 aromatic heterocycles. The Kier molecular flexibility index (Phi) is 5.74. The molecule has 1 N–H and O–H groups in total. The zero-order chi connectivity index (χ0) is 14.4. The second kappa shape index (κ2) is 7.55. The highest BCUT2D eigenvalue weighted by molar-refractivity contribution is 6.00. The van der Waals surface area contributed by atoms with Crippen LogP contribution in [0.25, 0.3) is 0 Å². The van der Waals surface area contributed by atoms with E-state index >= 15 is 0 Å². The molecule has 1 heterocycles. The Morgan fingerprint density at radius 1 is 1.20 bits per heavy atom. The SMILES string of the molecule is CCCc1ccc(C(=O)C(CC)N2CCNCC2)cc1. The van der Waals surface area contributed by atoms with Crippen LogP contribution in [0.4, 0.5) is 0 Å². The number of piperazine rings is 1. The molecule has 3 heteroatoms. The van der Waals surface area contributed by atoms with Crippen LogP contribution in [-0.4, -0.2) is 42.9 Å². The van der Waals surface area contributed by atoms with Crippen LogP contribution < -0.4 is 5.32 Å². The Balaban J connectivity index is 2.07. The molecular formula is C17H26N2O. The quantitative estimate of drug-likeness (QED) is 0.809. The summed E-state index contributed by atoms with van der Waals surface area (Å²) in [7, 11) is 0. The third kappa shape index (κ3) is 3.68. The van der Waals surface area contributed by atoms with E-state index in [0.29, 0.717) is 0 Å². The number of aryl methyl sites for hydroxylation is 1. The van der Waals surface area contributed by atoms with Crippen molar-refractivity contribution in [3.8, 4) is 0 Å². The highest BCUT2D eigenvalue weighted by atomic mass is 16.1. The first-order valence-corrected chi connectivity index (χ1v) is 7.84. The van der Waals surface area contributed by atoms with Crippen LogP contribution in [0.1, 0.15) is 42.6 Å². The molecule has 1 unspecified atom stereocenters. The summed E-state index contributed by atoms with van der Waals surface area (Å²) in [5, 5.41) is 3.34. The van der Waals surface area contributed by atoms with Crippen LogP contribution in [0.3, 0.4) is 0 Å². The molecule has 3 nitrogen and oxygen atoms in total. The van der Waals surface area contributed by atoms with Gasteiger partial charge in [0.1, 0.15) is 0 Å². The minimum absolute atomic E-state index is 0.0362. The van der Waals surface area contributed by atoms with Gasteiger partial charge in [-0.25, -0.2) is 0 Å². The normalized spacial score (nSPS) is 17.9. The fourth-order valence-corrected chi connectivity index (χ4v) is 2.92. The number of hydrogen-bond donors (Lipinski definition) is 1. The van der Waals surface area contributed by atoms with Gasteiger partial charge in [-0.2, -0.15) is 0 Å². The van der Waals surface area contributed by atoms with E-state index in [9.17, 15) is 4.79 Å². The van der Waals surface area contributed by atoms with E-state index in [-0.39, 0.29) is 11.8 Å². The van der Waals surface area contributed by atoms with Crippen molar-refractivity contribution in [2.24, 2.45) is 0 Å². The van der Waals surface area contributed by atoms with E-state index in [4.69, 9.17) is 0 Å². The summed E-state index contributed by atoms with van der Waals surface area (Å²) in [6.45, 7) is 8.20. The third-order valence-corrected chi connectivity index (χ3v) is 4.06. The van der Waals surface area contributed by atoms with E-state index in [1.54, 1.807) is 0 Å². The molecule has 0 radical (unpaired) electrons. The predicted octanol–water partition coefficient (Wildman–Crippen LogP) is 2.51. The van der Waals surface area contributed by atoms with Crippen LogP contribution in [0.15, 0.2) is 24.3 Å². The highest BCUT2D eigenvalue weighted by Crippen LogP contribution is 2.15. The van der Waals surface area contributed by atoms with Crippen LogP contribution in [0, 0.1) is 0 Å². The van der Waals surface area contributed by atoms with Crippen molar-refractivity contribution in [1.29, 1.82) is 0 Å². The van der Waals surface area contributed by atoms with E-state index in [1.165, 1.54) is 5.56 Å². The third-order valence-electron chi connectivity index (χ3n) is 4.06. The van der Waals surface area contributed by atoms with Crippen LogP contribution >= 0.6 is 0 Å². The Morgan fingerprint density at radius 2 is 1.85 bits per heavy atom. The second-order valence-electron chi connectivity index (χ2n) is 5.52. The van der Waals surface area contributed by atoms with Crippen LogP contribution in [0.2, 0.25) is 0 Å². The summed E-state index contributed by atoms with van der Waals surface area (Å²) in [6.07, 6.45) is 3.12. The summed E-state index contributed by atoms with van der Waals surface area (Å²) in [6, 6.07) is 8.23. The van der Waals surface area contributed by atoms with Gasteiger partial charge >= 0.3 is 0 Å². The number of nitrogens with one attached hydrogen (secondary N) is 1. The average molecular weight is 274 g/mol. The lowest BCUT2D eigenvalue weighted by molar-refractivity contribution is 0.0790. The monoisotopic (exact) mass is 274 g/mol. The minimum Gasteiger partial charge on any atom is -0.314 e. The molecule has 0 spiro atoms. The molecule has 1 aromatic rings. The van der Waals surface area contributed by atoms with Gasteiger partial charge in [-0.1, -0.05) is 44.5 Å². The first-order valence-electron chi connectivity index (χ1n) is 7.84. The van der Waals surface area contributed by atoms with Crippen LogP contribution in [0.5, 0.6) is 0 Å². The van der Waals surface area contributed by atoms with Gasteiger partial charge in [-0.15, -0.1) is 0 Å². The maximum Gasteiger partial charge on any atom is 0.179 e. The maximum absolute atomic E-state index is 12.7. The number of benzene rings is 1. The lowest BCUT2D eigenvalue weighted by Gasteiger charge is -2.33. The molecular weight excluding hydrogens is 248 g/mol. The van der Waals surface area contributed by atoms with E-state index in [2.05, 4.69) is 36.2 Å². The number of nitrogens with zero attached hydrogens (tertiary/aromatic N) is 1. The Hall–Kier alpha value is -1.19. The largest absolute Gasteiger partial charge is 0.314 e. The highest BCUT2D eigenvalue weighted by Gasteiger charge is 2.26. The maximum atomic E-state index is 12.7. The first kappa shape index (κ1) is 15.2. The van der Waals surface area contributed by atoms with E-state index < -0.39 is 0 Å². The van der Waals surface area contributed by atoms with Crippen molar-refractivity contribution < 1.29 is 4.79 Å².